The molecule has 3 heterocycles. The van der Waals surface area contributed by atoms with E-state index in [4.69, 9.17) is 14.1 Å². The van der Waals surface area contributed by atoms with Gasteiger partial charge < -0.3 is 14.3 Å². The van der Waals surface area contributed by atoms with E-state index < -0.39 is 6.10 Å². The van der Waals surface area contributed by atoms with Crippen molar-refractivity contribution in [2.45, 2.75) is 31.6 Å². The summed E-state index contributed by atoms with van der Waals surface area (Å²) < 4.78 is 12.0. The zero-order valence-electron chi connectivity index (χ0n) is 14.0. The van der Waals surface area contributed by atoms with E-state index in [1.807, 2.05) is 18.2 Å². The van der Waals surface area contributed by atoms with Gasteiger partial charge >= 0.3 is 0 Å². The minimum absolute atomic E-state index is 0.303. The third-order valence-electron chi connectivity index (χ3n) is 4.54. The molecule has 1 aliphatic rings. The number of hydrogen-bond acceptors (Lipinski definition) is 6. The second kappa shape index (κ2) is 7.66. The number of nitrogens with zero attached hydrogens (tertiary/aromatic N) is 2. The smallest absolute Gasteiger partial charge is 0.129 e. The number of furan rings is 1. The maximum atomic E-state index is 10.3. The van der Waals surface area contributed by atoms with Crippen LogP contribution in [0.1, 0.15) is 29.7 Å². The van der Waals surface area contributed by atoms with Gasteiger partial charge in [-0.15, -0.1) is 11.3 Å². The molecule has 2 aromatic heterocycles. The number of hydrogen-bond donors (Lipinski definition) is 1. The molecular weight excluding hydrogens is 336 g/mol. The van der Waals surface area contributed by atoms with Crippen LogP contribution in [0.25, 0.3) is 10.2 Å². The number of para-hydroxylation sites is 1. The number of likely N-dealkylation sites (tertiary alicyclic amines) is 1. The molecule has 5 nitrogen and oxygen atoms in total. The van der Waals surface area contributed by atoms with Crippen LogP contribution in [0.3, 0.4) is 0 Å². The van der Waals surface area contributed by atoms with Gasteiger partial charge in [0.1, 0.15) is 17.4 Å². The molecule has 2 unspecified atom stereocenters. The van der Waals surface area contributed by atoms with Gasteiger partial charge in [-0.05, 0) is 43.7 Å². The SMILES string of the molecule is OC(COCc1ccco1)CN1CCCC1c1nc2ccccc2s1. The number of rotatable bonds is 7. The van der Waals surface area contributed by atoms with Crippen LogP contribution < -0.4 is 0 Å². The lowest BCUT2D eigenvalue weighted by atomic mass is 10.2. The lowest BCUT2D eigenvalue weighted by Gasteiger charge is -2.25. The zero-order chi connectivity index (χ0) is 17.1. The molecule has 2 atom stereocenters. The fourth-order valence-electron chi connectivity index (χ4n) is 3.37. The average molecular weight is 358 g/mol. The lowest BCUT2D eigenvalue weighted by Crippen LogP contribution is -2.34. The number of fused-ring (bicyclic) bond motifs is 1. The van der Waals surface area contributed by atoms with Crippen molar-refractivity contribution in [3.8, 4) is 0 Å². The molecule has 0 amide bonds. The van der Waals surface area contributed by atoms with Crippen LogP contribution in [0, 0.1) is 0 Å². The minimum atomic E-state index is -0.509. The summed E-state index contributed by atoms with van der Waals surface area (Å²) in [6.45, 7) is 2.31. The first-order chi connectivity index (χ1) is 12.3. The third-order valence-corrected chi connectivity index (χ3v) is 5.68. The number of benzene rings is 1. The first-order valence-electron chi connectivity index (χ1n) is 8.67. The molecule has 0 bridgehead atoms. The van der Waals surface area contributed by atoms with Crippen molar-refractivity contribution in [2.75, 3.05) is 19.7 Å². The van der Waals surface area contributed by atoms with Gasteiger partial charge in [-0.25, -0.2) is 4.98 Å². The van der Waals surface area contributed by atoms with Crippen LogP contribution in [-0.4, -0.2) is 40.8 Å². The monoisotopic (exact) mass is 358 g/mol. The van der Waals surface area contributed by atoms with E-state index in [-0.39, 0.29) is 0 Å². The number of aliphatic hydroxyl groups is 1. The van der Waals surface area contributed by atoms with Gasteiger partial charge in [0.05, 0.1) is 35.2 Å². The number of aromatic nitrogens is 1. The standard InChI is InChI=1S/C19H22N2O3S/c22-14(12-23-13-15-5-4-10-24-15)11-21-9-3-7-17(21)19-20-16-6-1-2-8-18(16)25-19/h1-2,4-6,8,10,14,17,22H,3,7,9,11-13H2. The molecule has 0 aliphatic carbocycles. The molecule has 1 N–H and O–H groups in total. The summed E-state index contributed by atoms with van der Waals surface area (Å²) in [7, 11) is 0. The average Bonchev–Trinajstić information content (AvgIpc) is 3.34. The second-order valence-electron chi connectivity index (χ2n) is 6.42. The largest absolute Gasteiger partial charge is 0.467 e. The molecule has 132 valence electrons. The molecule has 1 aromatic carbocycles. The van der Waals surface area contributed by atoms with E-state index in [9.17, 15) is 5.11 Å². The normalized spacial score (nSPS) is 19.6. The third kappa shape index (κ3) is 3.93. The maximum absolute atomic E-state index is 10.3. The Balaban J connectivity index is 1.34. The number of aliphatic hydroxyl groups excluding tert-OH is 1. The summed E-state index contributed by atoms with van der Waals surface area (Å²) in [5.41, 5.74) is 1.07. The molecule has 1 aliphatic heterocycles. The van der Waals surface area contributed by atoms with Gasteiger partial charge in [-0.3, -0.25) is 4.90 Å². The van der Waals surface area contributed by atoms with E-state index in [0.29, 0.717) is 25.8 Å². The fraction of sp³-hybridized carbons (Fsp3) is 0.421. The van der Waals surface area contributed by atoms with Crippen molar-refractivity contribution in [1.82, 2.24) is 9.88 Å². The van der Waals surface area contributed by atoms with Crippen LogP contribution in [-0.2, 0) is 11.3 Å². The van der Waals surface area contributed by atoms with Crippen molar-refractivity contribution < 1.29 is 14.3 Å². The Labute approximate surface area is 150 Å². The highest BCUT2D eigenvalue weighted by Crippen LogP contribution is 2.36. The summed E-state index contributed by atoms with van der Waals surface area (Å²) in [5.74, 6) is 0.778. The molecule has 0 saturated carbocycles. The molecule has 0 spiro atoms. The van der Waals surface area contributed by atoms with Crippen molar-refractivity contribution in [2.24, 2.45) is 0 Å². The summed E-state index contributed by atoms with van der Waals surface area (Å²) in [5, 5.41) is 11.5. The minimum Gasteiger partial charge on any atom is -0.467 e. The van der Waals surface area contributed by atoms with E-state index in [2.05, 4.69) is 23.1 Å². The summed E-state index contributed by atoms with van der Waals surface area (Å²) in [6.07, 6.45) is 3.35. The molecule has 1 fully saturated rings. The van der Waals surface area contributed by atoms with Crippen LogP contribution >= 0.6 is 11.3 Å². The summed E-state index contributed by atoms with van der Waals surface area (Å²) in [4.78, 5) is 7.13. The highest BCUT2D eigenvalue weighted by atomic mass is 32.1. The first kappa shape index (κ1) is 16.7. The Morgan fingerprint density at radius 3 is 3.08 bits per heavy atom. The number of thiazole rings is 1. The van der Waals surface area contributed by atoms with Crippen LogP contribution in [0.2, 0.25) is 0 Å². The van der Waals surface area contributed by atoms with Gasteiger partial charge in [-0.2, -0.15) is 0 Å². The highest BCUT2D eigenvalue weighted by Gasteiger charge is 2.30. The molecule has 25 heavy (non-hydrogen) atoms. The number of β-amino-alcohol motifs (C(OH)–C–C–N with tert-alkyl or cyclic N) is 1. The van der Waals surface area contributed by atoms with Crippen molar-refractivity contribution >= 4 is 21.6 Å². The first-order valence-corrected chi connectivity index (χ1v) is 9.49. The highest BCUT2D eigenvalue weighted by molar-refractivity contribution is 7.18. The predicted molar refractivity (Wildman–Crippen MR) is 97.5 cm³/mol. The fourth-order valence-corrected chi connectivity index (χ4v) is 4.51. The summed E-state index contributed by atoms with van der Waals surface area (Å²) in [6, 6.07) is 12.3. The van der Waals surface area contributed by atoms with Crippen molar-refractivity contribution in [1.29, 1.82) is 0 Å². The number of ether oxygens (including phenoxy) is 1. The van der Waals surface area contributed by atoms with E-state index >= 15 is 0 Å². The van der Waals surface area contributed by atoms with Crippen LogP contribution in [0.5, 0.6) is 0 Å². The van der Waals surface area contributed by atoms with Crippen molar-refractivity contribution in [3.05, 3.63) is 53.4 Å². The van der Waals surface area contributed by atoms with Gasteiger partial charge in [0.2, 0.25) is 0 Å². The zero-order valence-corrected chi connectivity index (χ0v) is 14.8. The van der Waals surface area contributed by atoms with E-state index in [1.165, 1.54) is 4.70 Å². The van der Waals surface area contributed by atoms with Crippen LogP contribution in [0.4, 0.5) is 0 Å². The second-order valence-corrected chi connectivity index (χ2v) is 7.48. The van der Waals surface area contributed by atoms with Crippen molar-refractivity contribution in [3.63, 3.8) is 0 Å². The lowest BCUT2D eigenvalue weighted by molar-refractivity contribution is 0.00308. The van der Waals surface area contributed by atoms with Gasteiger partial charge in [-0.1, -0.05) is 12.1 Å². The van der Waals surface area contributed by atoms with E-state index in [1.54, 1.807) is 17.6 Å². The van der Waals surface area contributed by atoms with Crippen LogP contribution in [0.15, 0.2) is 47.1 Å². The molecule has 0 radical (unpaired) electrons. The Bertz CT molecular complexity index is 769. The molecule has 6 heteroatoms. The van der Waals surface area contributed by atoms with E-state index in [0.717, 1.165) is 35.7 Å². The molecule has 4 rings (SSSR count). The maximum Gasteiger partial charge on any atom is 0.129 e. The quantitative estimate of drug-likeness (QED) is 0.699. The molecular formula is C19H22N2O3S. The molecule has 3 aromatic rings. The predicted octanol–water partition coefficient (Wildman–Crippen LogP) is 3.60. The van der Waals surface area contributed by atoms with Gasteiger partial charge in [0.25, 0.3) is 0 Å². The Kier molecular flexibility index (Phi) is 5.12. The molecule has 1 saturated heterocycles. The Morgan fingerprint density at radius 2 is 2.24 bits per heavy atom. The van der Waals surface area contributed by atoms with Gasteiger partial charge in [0, 0.05) is 6.54 Å². The Hall–Kier alpha value is -1.73. The van der Waals surface area contributed by atoms with Gasteiger partial charge in [0.15, 0.2) is 0 Å². The topological polar surface area (TPSA) is 58.7 Å². The summed E-state index contributed by atoms with van der Waals surface area (Å²) >= 11 is 1.76. The Morgan fingerprint density at radius 1 is 1.32 bits per heavy atom.